The number of aromatic nitrogens is 1. The van der Waals surface area contributed by atoms with Gasteiger partial charge in [0.2, 0.25) is 0 Å². The first kappa shape index (κ1) is 19.1. The fourth-order valence-corrected chi connectivity index (χ4v) is 4.91. The van der Waals surface area contributed by atoms with Crippen molar-refractivity contribution >= 4 is 37.7 Å². The molecule has 0 radical (unpaired) electrons. The number of benzene rings is 5. The summed E-state index contributed by atoms with van der Waals surface area (Å²) in [5.74, 6) is 0. The molecule has 0 saturated carbocycles. The van der Waals surface area contributed by atoms with Gasteiger partial charge < -0.3 is 4.57 Å². The Hall–Kier alpha value is -3.62. The maximum absolute atomic E-state index is 3.69. The third kappa shape index (κ3) is 3.24. The van der Waals surface area contributed by atoms with E-state index in [0.29, 0.717) is 0 Å². The molecule has 6 rings (SSSR count). The molecule has 0 bridgehead atoms. The van der Waals surface area contributed by atoms with Gasteiger partial charge in [-0.25, -0.2) is 0 Å². The molecule has 1 aromatic heterocycles. The summed E-state index contributed by atoms with van der Waals surface area (Å²) in [7, 11) is 0. The molecule has 0 N–H and O–H groups in total. The van der Waals surface area contributed by atoms with Crippen LogP contribution in [0.3, 0.4) is 0 Å². The normalized spacial score (nSPS) is 11.3. The van der Waals surface area contributed by atoms with E-state index in [2.05, 4.69) is 142 Å². The van der Waals surface area contributed by atoms with Gasteiger partial charge in [-0.2, -0.15) is 0 Å². The van der Waals surface area contributed by atoms with Gasteiger partial charge in [0.05, 0.1) is 11.0 Å². The molecule has 1 nitrogen and oxygen atoms in total. The SMILES string of the molecule is Brc1ccc2c3ccccc3n(-c3cc(-c4ccccc4)cc(-c4ccccc4)c3)c2c1. The van der Waals surface area contributed by atoms with Gasteiger partial charge in [0.25, 0.3) is 0 Å². The Morgan fingerprint density at radius 1 is 0.438 bits per heavy atom. The molecule has 32 heavy (non-hydrogen) atoms. The molecule has 152 valence electrons. The number of hydrogen-bond acceptors (Lipinski definition) is 0. The van der Waals surface area contributed by atoms with Gasteiger partial charge in [0, 0.05) is 20.9 Å². The van der Waals surface area contributed by atoms with Crippen LogP contribution in [-0.4, -0.2) is 4.57 Å². The van der Waals surface area contributed by atoms with E-state index in [-0.39, 0.29) is 0 Å². The van der Waals surface area contributed by atoms with Gasteiger partial charge >= 0.3 is 0 Å². The average Bonchev–Trinajstić information content (AvgIpc) is 3.18. The van der Waals surface area contributed by atoms with Crippen LogP contribution in [0.15, 0.2) is 126 Å². The van der Waals surface area contributed by atoms with Crippen LogP contribution in [0, 0.1) is 0 Å². The topological polar surface area (TPSA) is 4.93 Å². The van der Waals surface area contributed by atoms with E-state index < -0.39 is 0 Å². The second-order valence-electron chi connectivity index (χ2n) is 8.01. The number of para-hydroxylation sites is 1. The van der Waals surface area contributed by atoms with E-state index in [1.807, 2.05) is 0 Å². The zero-order valence-electron chi connectivity index (χ0n) is 17.4. The highest BCUT2D eigenvalue weighted by Gasteiger charge is 2.14. The molecule has 1 heterocycles. The van der Waals surface area contributed by atoms with E-state index in [0.717, 1.165) is 10.2 Å². The molecule has 0 aliphatic rings. The molecule has 0 unspecified atom stereocenters. The number of rotatable bonds is 3. The van der Waals surface area contributed by atoms with E-state index in [4.69, 9.17) is 0 Å². The summed E-state index contributed by atoms with van der Waals surface area (Å²) in [4.78, 5) is 0. The standard InChI is InChI=1S/C30H20BrN/c31-25-15-16-28-27-13-7-8-14-29(27)32(30(28)20-25)26-18-23(21-9-3-1-4-10-21)17-24(19-26)22-11-5-2-6-12-22/h1-20H. The maximum atomic E-state index is 3.69. The second-order valence-corrected chi connectivity index (χ2v) is 8.93. The maximum Gasteiger partial charge on any atom is 0.0552 e. The van der Waals surface area contributed by atoms with Crippen molar-refractivity contribution in [2.45, 2.75) is 0 Å². The van der Waals surface area contributed by atoms with Crippen LogP contribution in [0.5, 0.6) is 0 Å². The predicted octanol–water partition coefficient (Wildman–Crippen LogP) is 8.88. The Morgan fingerprint density at radius 2 is 1.00 bits per heavy atom. The van der Waals surface area contributed by atoms with Gasteiger partial charge in [0.1, 0.15) is 0 Å². The van der Waals surface area contributed by atoms with Crippen molar-refractivity contribution in [3.05, 3.63) is 126 Å². The Labute approximate surface area is 195 Å². The Morgan fingerprint density at radius 3 is 1.66 bits per heavy atom. The summed E-state index contributed by atoms with van der Waals surface area (Å²) in [5.41, 5.74) is 8.43. The first-order chi connectivity index (χ1) is 15.8. The van der Waals surface area contributed by atoms with Gasteiger partial charge in [-0.05, 0) is 58.7 Å². The van der Waals surface area contributed by atoms with E-state index in [1.165, 1.54) is 44.1 Å². The fourth-order valence-electron chi connectivity index (χ4n) is 4.56. The van der Waals surface area contributed by atoms with Crippen LogP contribution in [0.2, 0.25) is 0 Å². The molecule has 2 heteroatoms. The summed E-state index contributed by atoms with van der Waals surface area (Å²) in [5, 5.41) is 2.52. The van der Waals surface area contributed by atoms with Gasteiger partial charge in [-0.3, -0.25) is 0 Å². The minimum atomic E-state index is 1.08. The molecular weight excluding hydrogens is 454 g/mol. The Balaban J connectivity index is 1.70. The molecule has 0 fully saturated rings. The Kier molecular flexibility index (Phi) is 4.66. The van der Waals surface area contributed by atoms with Crippen LogP contribution in [0.1, 0.15) is 0 Å². The molecule has 0 amide bonds. The highest BCUT2D eigenvalue weighted by atomic mass is 79.9. The van der Waals surface area contributed by atoms with E-state index in [9.17, 15) is 0 Å². The molecule has 0 atom stereocenters. The summed E-state index contributed by atoms with van der Waals surface area (Å²) in [6.45, 7) is 0. The molecule has 0 saturated heterocycles. The lowest BCUT2D eigenvalue weighted by Crippen LogP contribution is -1.96. The van der Waals surface area contributed by atoms with Crippen molar-refractivity contribution in [1.82, 2.24) is 4.57 Å². The first-order valence-electron chi connectivity index (χ1n) is 10.7. The van der Waals surface area contributed by atoms with E-state index >= 15 is 0 Å². The molecule has 5 aromatic carbocycles. The highest BCUT2D eigenvalue weighted by Crippen LogP contribution is 2.36. The summed E-state index contributed by atoms with van der Waals surface area (Å²) in [6.07, 6.45) is 0. The smallest absolute Gasteiger partial charge is 0.0552 e. The van der Waals surface area contributed by atoms with Crippen molar-refractivity contribution in [3.8, 4) is 27.9 Å². The zero-order chi connectivity index (χ0) is 21.5. The van der Waals surface area contributed by atoms with Crippen LogP contribution >= 0.6 is 15.9 Å². The number of fused-ring (bicyclic) bond motifs is 3. The Bertz CT molecular complexity index is 1510. The quantitative estimate of drug-likeness (QED) is 0.241. The lowest BCUT2D eigenvalue weighted by molar-refractivity contribution is 1.18. The van der Waals surface area contributed by atoms with Crippen LogP contribution in [0.4, 0.5) is 0 Å². The lowest BCUT2D eigenvalue weighted by Gasteiger charge is -2.14. The predicted molar refractivity (Wildman–Crippen MR) is 139 cm³/mol. The van der Waals surface area contributed by atoms with Crippen LogP contribution in [0.25, 0.3) is 49.7 Å². The fraction of sp³-hybridized carbons (Fsp3) is 0. The molecule has 6 aromatic rings. The first-order valence-corrected chi connectivity index (χ1v) is 11.5. The van der Waals surface area contributed by atoms with Crippen molar-refractivity contribution in [2.24, 2.45) is 0 Å². The summed E-state index contributed by atoms with van der Waals surface area (Å²) >= 11 is 3.69. The van der Waals surface area contributed by atoms with E-state index in [1.54, 1.807) is 0 Å². The average molecular weight is 474 g/mol. The largest absolute Gasteiger partial charge is 0.309 e. The third-order valence-electron chi connectivity index (χ3n) is 6.03. The van der Waals surface area contributed by atoms with Gasteiger partial charge in [-0.1, -0.05) is 101 Å². The van der Waals surface area contributed by atoms with Crippen molar-refractivity contribution in [3.63, 3.8) is 0 Å². The van der Waals surface area contributed by atoms with Crippen molar-refractivity contribution in [2.75, 3.05) is 0 Å². The number of hydrogen-bond donors (Lipinski definition) is 0. The third-order valence-corrected chi connectivity index (χ3v) is 6.52. The molecule has 0 aliphatic heterocycles. The molecule has 0 spiro atoms. The minimum absolute atomic E-state index is 1.08. The van der Waals surface area contributed by atoms with Gasteiger partial charge in [-0.15, -0.1) is 0 Å². The lowest BCUT2D eigenvalue weighted by atomic mass is 9.98. The van der Waals surface area contributed by atoms with Crippen molar-refractivity contribution in [1.29, 1.82) is 0 Å². The summed E-state index contributed by atoms with van der Waals surface area (Å²) < 4.78 is 3.46. The van der Waals surface area contributed by atoms with Gasteiger partial charge in [0.15, 0.2) is 0 Å². The highest BCUT2D eigenvalue weighted by molar-refractivity contribution is 9.10. The summed E-state index contributed by atoms with van der Waals surface area (Å²) in [6, 6.07) is 43.3. The minimum Gasteiger partial charge on any atom is -0.309 e. The molecule has 0 aliphatic carbocycles. The molecular formula is C30H20BrN. The number of halogens is 1. The van der Waals surface area contributed by atoms with Crippen LogP contribution < -0.4 is 0 Å². The second kappa shape index (κ2) is 7.81. The number of nitrogens with zero attached hydrogens (tertiary/aromatic N) is 1. The monoisotopic (exact) mass is 473 g/mol. The van der Waals surface area contributed by atoms with Crippen molar-refractivity contribution < 1.29 is 0 Å². The van der Waals surface area contributed by atoms with Crippen LogP contribution in [-0.2, 0) is 0 Å². The zero-order valence-corrected chi connectivity index (χ0v) is 19.0.